The lowest BCUT2D eigenvalue weighted by molar-refractivity contribution is 0.329. The minimum atomic E-state index is -1.04. The van der Waals surface area contributed by atoms with E-state index in [0.717, 1.165) is 32.6 Å². The van der Waals surface area contributed by atoms with E-state index in [2.05, 4.69) is 115 Å². The molecule has 54 heavy (non-hydrogen) atoms. The Balaban J connectivity index is 1.68. The maximum Gasteiger partial charge on any atom is 0.208 e. The molecule has 0 spiro atoms. The van der Waals surface area contributed by atoms with Crippen molar-refractivity contribution < 1.29 is 25.5 Å². The normalized spacial score (nSPS) is 12.4. The maximum absolute atomic E-state index is 11.4. The predicted molar refractivity (Wildman–Crippen MR) is 225 cm³/mol. The highest BCUT2D eigenvalue weighted by Crippen LogP contribution is 2.59. The molecule has 0 aliphatic carbocycles. The molecule has 0 radical (unpaired) electrons. The van der Waals surface area contributed by atoms with Crippen molar-refractivity contribution in [1.29, 1.82) is 0 Å². The number of anilines is 6. The molecular formula is C45H49ClN2O5S. The molecule has 6 aromatic rings. The number of phenols is 5. The molecular weight excluding hydrogens is 716 g/mol. The van der Waals surface area contributed by atoms with E-state index < -0.39 is 28.7 Å². The standard InChI is InChI=1S/C45H49ClN2O5S/c1-25-21-32(47(29-16-11-26(12-17-29)43(2,3)4)34-24-54-35-20-15-28(23-31(34)35)45(8,9)10)36(46)33(22-25)48(30-18-13-27(14-19-30)44(5,6)7)37-38(49)40(51)42(53)41(52)39(37)50/h11-24,49-53H,1-10H3. The lowest BCUT2D eigenvalue weighted by Gasteiger charge is -2.32. The number of aromatic hydroxyl groups is 5. The van der Waals surface area contributed by atoms with E-state index in [1.54, 1.807) is 11.3 Å². The Morgan fingerprint density at radius 3 is 1.37 bits per heavy atom. The van der Waals surface area contributed by atoms with Gasteiger partial charge in [-0.05, 0) is 94.0 Å². The molecule has 1 heterocycles. The van der Waals surface area contributed by atoms with Gasteiger partial charge in [0.15, 0.2) is 11.5 Å². The average molecular weight is 765 g/mol. The summed E-state index contributed by atoms with van der Waals surface area (Å²) in [5.74, 6) is -4.69. The molecule has 7 nitrogen and oxygen atoms in total. The molecule has 5 N–H and O–H groups in total. The molecule has 0 amide bonds. The first-order chi connectivity index (χ1) is 25.1. The second kappa shape index (κ2) is 13.7. The van der Waals surface area contributed by atoms with E-state index in [1.165, 1.54) is 16.0 Å². The molecule has 6 rings (SSSR count). The van der Waals surface area contributed by atoms with Gasteiger partial charge < -0.3 is 35.3 Å². The van der Waals surface area contributed by atoms with Crippen LogP contribution in [-0.2, 0) is 16.2 Å². The molecule has 0 bridgehead atoms. The SMILES string of the molecule is Cc1cc(N(c2ccc(C(C)(C)C)cc2)c2c(O)c(O)c(O)c(O)c2O)c(Cl)c(N(c2ccc(C(C)(C)C)cc2)c2csc3ccc(C(C)(C)C)cc23)c1. The van der Waals surface area contributed by atoms with E-state index in [4.69, 9.17) is 11.6 Å². The summed E-state index contributed by atoms with van der Waals surface area (Å²) in [6.07, 6.45) is 0. The fourth-order valence-corrected chi connectivity index (χ4v) is 7.80. The van der Waals surface area contributed by atoms with Crippen LogP contribution in [0.3, 0.4) is 0 Å². The third kappa shape index (κ3) is 7.01. The van der Waals surface area contributed by atoms with Crippen LogP contribution in [0.1, 0.15) is 84.6 Å². The zero-order valence-corrected chi connectivity index (χ0v) is 34.1. The van der Waals surface area contributed by atoms with Gasteiger partial charge in [0.1, 0.15) is 5.69 Å². The van der Waals surface area contributed by atoms with Crippen molar-refractivity contribution in [2.24, 2.45) is 0 Å². The van der Waals surface area contributed by atoms with Gasteiger partial charge in [-0.25, -0.2) is 0 Å². The minimum Gasteiger partial charge on any atom is -0.503 e. The van der Waals surface area contributed by atoms with Gasteiger partial charge in [-0.2, -0.15) is 0 Å². The van der Waals surface area contributed by atoms with Crippen molar-refractivity contribution in [2.45, 2.75) is 85.5 Å². The van der Waals surface area contributed by atoms with Crippen molar-refractivity contribution in [1.82, 2.24) is 0 Å². The Morgan fingerprint density at radius 2 is 0.907 bits per heavy atom. The van der Waals surface area contributed by atoms with Gasteiger partial charge >= 0.3 is 0 Å². The number of phenolic OH excluding ortho intramolecular Hbond substituents is 5. The lowest BCUT2D eigenvalue weighted by atomic mass is 9.86. The van der Waals surface area contributed by atoms with Crippen molar-refractivity contribution >= 4 is 67.1 Å². The fraction of sp³-hybridized carbons (Fsp3) is 0.289. The Kier molecular flexibility index (Phi) is 9.78. The quantitative estimate of drug-likeness (QED) is 0.0849. The van der Waals surface area contributed by atoms with Gasteiger partial charge in [-0.15, -0.1) is 11.3 Å². The topological polar surface area (TPSA) is 108 Å². The van der Waals surface area contributed by atoms with Crippen molar-refractivity contribution in [3.05, 3.63) is 112 Å². The highest BCUT2D eigenvalue weighted by molar-refractivity contribution is 7.17. The van der Waals surface area contributed by atoms with E-state index in [-0.39, 0.29) is 27.0 Å². The fourth-order valence-electron chi connectivity index (χ4n) is 6.61. The third-order valence-corrected chi connectivity index (χ3v) is 11.2. The van der Waals surface area contributed by atoms with E-state index in [1.807, 2.05) is 43.3 Å². The summed E-state index contributed by atoms with van der Waals surface area (Å²) in [6.45, 7) is 21.3. The Labute approximate surface area is 327 Å². The molecule has 1 aromatic heterocycles. The number of nitrogens with zero attached hydrogens (tertiary/aromatic N) is 2. The van der Waals surface area contributed by atoms with Crippen LogP contribution in [-0.4, -0.2) is 25.5 Å². The Bertz CT molecular complexity index is 2330. The van der Waals surface area contributed by atoms with Crippen LogP contribution in [0.15, 0.2) is 84.2 Å². The van der Waals surface area contributed by atoms with Crippen LogP contribution in [0.4, 0.5) is 34.1 Å². The lowest BCUT2D eigenvalue weighted by Crippen LogP contribution is -2.16. The van der Waals surface area contributed by atoms with E-state index in [0.29, 0.717) is 17.1 Å². The zero-order valence-electron chi connectivity index (χ0n) is 32.5. The average Bonchev–Trinajstić information content (AvgIpc) is 3.52. The summed E-state index contributed by atoms with van der Waals surface area (Å²) in [7, 11) is 0. The molecule has 5 aromatic carbocycles. The number of halogens is 1. The molecule has 0 fully saturated rings. The van der Waals surface area contributed by atoms with Crippen LogP contribution in [0.25, 0.3) is 10.1 Å². The predicted octanol–water partition coefficient (Wildman–Crippen LogP) is 13.2. The first kappa shape index (κ1) is 38.7. The number of benzene rings is 5. The van der Waals surface area contributed by atoms with Gasteiger partial charge in [0.05, 0.1) is 22.1 Å². The van der Waals surface area contributed by atoms with Crippen LogP contribution >= 0.6 is 22.9 Å². The third-order valence-electron chi connectivity index (χ3n) is 9.87. The first-order valence-corrected chi connectivity index (χ1v) is 19.2. The summed E-state index contributed by atoms with van der Waals surface area (Å²) in [5.41, 5.74) is 6.75. The van der Waals surface area contributed by atoms with Crippen molar-refractivity contribution in [3.8, 4) is 28.7 Å². The van der Waals surface area contributed by atoms with Crippen LogP contribution in [0.5, 0.6) is 28.7 Å². The number of rotatable bonds is 6. The number of thiophene rings is 1. The molecule has 0 saturated carbocycles. The van der Waals surface area contributed by atoms with Gasteiger partial charge in [-0.1, -0.05) is 104 Å². The summed E-state index contributed by atoms with van der Waals surface area (Å²) in [4.78, 5) is 3.61. The van der Waals surface area contributed by atoms with E-state index >= 15 is 0 Å². The first-order valence-electron chi connectivity index (χ1n) is 17.9. The van der Waals surface area contributed by atoms with Gasteiger partial charge in [0.25, 0.3) is 0 Å². The summed E-state index contributed by atoms with van der Waals surface area (Å²) < 4.78 is 1.11. The van der Waals surface area contributed by atoms with E-state index in [9.17, 15) is 25.5 Å². The number of aryl methyl sites for hydroxylation is 1. The molecule has 0 aliphatic heterocycles. The molecule has 0 unspecified atom stereocenters. The minimum absolute atomic E-state index is 0.0670. The number of hydrogen-bond donors (Lipinski definition) is 5. The van der Waals surface area contributed by atoms with Crippen molar-refractivity contribution in [3.63, 3.8) is 0 Å². The van der Waals surface area contributed by atoms with Gasteiger partial charge in [0, 0.05) is 26.8 Å². The molecule has 9 heteroatoms. The molecule has 0 saturated heterocycles. The molecule has 0 aliphatic rings. The van der Waals surface area contributed by atoms with Gasteiger partial charge in [-0.3, -0.25) is 0 Å². The summed E-state index contributed by atoms with van der Waals surface area (Å²) >= 11 is 9.24. The zero-order chi connectivity index (χ0) is 39.7. The van der Waals surface area contributed by atoms with Crippen LogP contribution < -0.4 is 9.80 Å². The van der Waals surface area contributed by atoms with Gasteiger partial charge in [0.2, 0.25) is 17.2 Å². The second-order valence-corrected chi connectivity index (χ2v) is 18.3. The molecule has 0 atom stereocenters. The largest absolute Gasteiger partial charge is 0.503 e. The Hall–Kier alpha value is -5.05. The molecule has 282 valence electrons. The highest BCUT2D eigenvalue weighted by atomic mass is 35.5. The maximum atomic E-state index is 11.4. The monoisotopic (exact) mass is 764 g/mol. The van der Waals surface area contributed by atoms with Crippen LogP contribution in [0, 0.1) is 6.92 Å². The smallest absolute Gasteiger partial charge is 0.208 e. The Morgan fingerprint density at radius 1 is 0.500 bits per heavy atom. The summed E-state index contributed by atoms with van der Waals surface area (Å²) in [5, 5.41) is 58.0. The number of hydrogen-bond acceptors (Lipinski definition) is 8. The highest BCUT2D eigenvalue weighted by Gasteiger charge is 2.32. The van der Waals surface area contributed by atoms with Crippen LogP contribution in [0.2, 0.25) is 5.02 Å². The second-order valence-electron chi connectivity index (χ2n) is 17.1. The number of fused-ring (bicyclic) bond motifs is 1. The van der Waals surface area contributed by atoms with Crippen molar-refractivity contribution in [2.75, 3.05) is 9.80 Å². The summed E-state index contributed by atoms with van der Waals surface area (Å²) in [6, 6.07) is 26.3.